The molecule has 20 heavy (non-hydrogen) atoms. The minimum atomic E-state index is -0.425. The van der Waals surface area contributed by atoms with Crippen molar-refractivity contribution in [2.45, 2.75) is 59.1 Å². The molecule has 112 valence electrons. The molecule has 3 unspecified atom stereocenters. The first kappa shape index (κ1) is 15.0. The van der Waals surface area contributed by atoms with Crippen LogP contribution in [0.15, 0.2) is 10.6 Å². The van der Waals surface area contributed by atoms with Gasteiger partial charge in [-0.3, -0.25) is 4.79 Å². The van der Waals surface area contributed by atoms with Crippen LogP contribution in [0.3, 0.4) is 0 Å². The number of hydrogen-bond acceptors (Lipinski definition) is 4. The maximum atomic E-state index is 12.9. The first-order chi connectivity index (χ1) is 9.20. The molecule has 1 aromatic rings. The molecule has 0 radical (unpaired) electrons. The van der Waals surface area contributed by atoms with Crippen LogP contribution in [-0.4, -0.2) is 39.8 Å². The summed E-state index contributed by atoms with van der Waals surface area (Å²) in [6.45, 7) is 10.3. The molecular weight excluding hydrogens is 256 g/mol. The molecule has 1 aliphatic rings. The molecule has 1 N–H and O–H groups in total. The summed E-state index contributed by atoms with van der Waals surface area (Å²) >= 11 is 0. The second-order valence-electron chi connectivity index (χ2n) is 6.90. The van der Waals surface area contributed by atoms with E-state index in [0.717, 1.165) is 5.69 Å². The molecule has 1 aromatic heterocycles. The van der Waals surface area contributed by atoms with E-state index in [4.69, 9.17) is 4.52 Å². The van der Waals surface area contributed by atoms with Crippen molar-refractivity contribution < 1.29 is 14.4 Å². The number of aliphatic hydroxyl groups excluding tert-OH is 1. The van der Waals surface area contributed by atoms with Crippen molar-refractivity contribution in [2.75, 3.05) is 6.54 Å². The molecule has 1 fully saturated rings. The highest BCUT2D eigenvalue weighted by Gasteiger charge is 2.42. The Kier molecular flexibility index (Phi) is 3.91. The molecular formula is C15H24N2O3. The highest BCUT2D eigenvalue weighted by molar-refractivity contribution is 5.84. The summed E-state index contributed by atoms with van der Waals surface area (Å²) in [5.74, 6) is 0.239. The standard InChI is InChI=1S/C15H24N2O3/c1-9-6-12(20-16-9)13(15(3,4)5)14(19)17-8-11(18)7-10(17)2/h6,10-11,13,18H,7-8H2,1-5H3. The molecule has 2 rings (SSSR count). The Morgan fingerprint density at radius 2 is 2.20 bits per heavy atom. The van der Waals surface area contributed by atoms with E-state index >= 15 is 0 Å². The molecule has 0 aromatic carbocycles. The minimum absolute atomic E-state index is 0.0118. The van der Waals surface area contributed by atoms with Gasteiger partial charge in [-0.2, -0.15) is 0 Å². The Bertz CT molecular complexity index is 490. The number of β-amino-alcohol motifs (C(OH)–C–C–N with tert-alkyl or cyclic N) is 1. The SMILES string of the molecule is Cc1cc(C(C(=O)N2CC(O)CC2C)C(C)(C)C)on1. The fraction of sp³-hybridized carbons (Fsp3) is 0.733. The number of likely N-dealkylation sites (tertiary alicyclic amines) is 1. The van der Waals surface area contributed by atoms with Crippen molar-refractivity contribution in [3.8, 4) is 0 Å². The number of hydrogen-bond donors (Lipinski definition) is 1. The van der Waals surface area contributed by atoms with Gasteiger partial charge in [0.05, 0.1) is 11.8 Å². The van der Waals surface area contributed by atoms with Crippen LogP contribution in [0, 0.1) is 12.3 Å². The van der Waals surface area contributed by atoms with Crippen molar-refractivity contribution in [3.05, 3.63) is 17.5 Å². The van der Waals surface area contributed by atoms with Gasteiger partial charge < -0.3 is 14.5 Å². The molecule has 1 amide bonds. The molecule has 0 aliphatic carbocycles. The average Bonchev–Trinajstić information content (AvgIpc) is 2.83. The third-order valence-electron chi connectivity index (χ3n) is 3.88. The number of aryl methyl sites for hydroxylation is 1. The molecule has 3 atom stereocenters. The number of nitrogens with zero attached hydrogens (tertiary/aromatic N) is 2. The molecule has 0 saturated carbocycles. The fourth-order valence-electron chi connectivity index (χ4n) is 2.91. The molecule has 2 heterocycles. The van der Waals surface area contributed by atoms with Crippen molar-refractivity contribution in [2.24, 2.45) is 5.41 Å². The Morgan fingerprint density at radius 3 is 2.60 bits per heavy atom. The van der Waals surface area contributed by atoms with Gasteiger partial charge in [0.1, 0.15) is 11.7 Å². The van der Waals surface area contributed by atoms with Gasteiger partial charge in [0.15, 0.2) is 0 Å². The van der Waals surface area contributed by atoms with Crippen molar-refractivity contribution in [1.82, 2.24) is 10.1 Å². The average molecular weight is 280 g/mol. The van der Waals surface area contributed by atoms with Crippen molar-refractivity contribution in [3.63, 3.8) is 0 Å². The number of aliphatic hydroxyl groups is 1. The highest BCUT2D eigenvalue weighted by atomic mass is 16.5. The Balaban J connectivity index is 2.30. The zero-order valence-corrected chi connectivity index (χ0v) is 12.9. The van der Waals surface area contributed by atoms with Crippen LogP contribution < -0.4 is 0 Å². The maximum Gasteiger partial charge on any atom is 0.234 e. The lowest BCUT2D eigenvalue weighted by Crippen LogP contribution is -2.42. The molecule has 0 bridgehead atoms. The van der Waals surface area contributed by atoms with Crippen molar-refractivity contribution in [1.29, 1.82) is 0 Å². The molecule has 5 heteroatoms. The highest BCUT2D eigenvalue weighted by Crippen LogP contribution is 2.38. The van der Waals surface area contributed by atoms with E-state index in [0.29, 0.717) is 18.7 Å². The lowest BCUT2D eigenvalue weighted by molar-refractivity contribution is -0.136. The maximum absolute atomic E-state index is 12.9. The van der Waals surface area contributed by atoms with Crippen LogP contribution in [0.2, 0.25) is 0 Å². The van der Waals surface area contributed by atoms with Gasteiger partial charge in [0.25, 0.3) is 0 Å². The zero-order chi connectivity index (χ0) is 15.1. The summed E-state index contributed by atoms with van der Waals surface area (Å²) in [6, 6.07) is 1.89. The summed E-state index contributed by atoms with van der Waals surface area (Å²) in [7, 11) is 0. The second-order valence-corrected chi connectivity index (χ2v) is 6.90. The summed E-state index contributed by atoms with van der Waals surface area (Å²) in [4.78, 5) is 14.6. The van der Waals surface area contributed by atoms with Crippen LogP contribution in [0.4, 0.5) is 0 Å². The van der Waals surface area contributed by atoms with Gasteiger partial charge >= 0.3 is 0 Å². The largest absolute Gasteiger partial charge is 0.391 e. The fourth-order valence-corrected chi connectivity index (χ4v) is 2.91. The first-order valence-electron chi connectivity index (χ1n) is 7.12. The molecule has 0 spiro atoms. The smallest absolute Gasteiger partial charge is 0.234 e. The number of carbonyl (C=O) groups excluding carboxylic acids is 1. The predicted molar refractivity (Wildman–Crippen MR) is 75.2 cm³/mol. The monoisotopic (exact) mass is 280 g/mol. The van der Waals surface area contributed by atoms with E-state index in [2.05, 4.69) is 5.16 Å². The second kappa shape index (κ2) is 5.20. The lowest BCUT2D eigenvalue weighted by atomic mass is 9.78. The quantitative estimate of drug-likeness (QED) is 0.901. The van der Waals surface area contributed by atoms with E-state index in [9.17, 15) is 9.90 Å². The summed E-state index contributed by atoms with van der Waals surface area (Å²) in [5, 5.41) is 13.6. The van der Waals surface area contributed by atoms with Gasteiger partial charge in [-0.15, -0.1) is 0 Å². The Labute approximate surface area is 119 Å². The predicted octanol–water partition coefficient (Wildman–Crippen LogP) is 2.09. The number of amides is 1. The van der Waals surface area contributed by atoms with E-state index in [-0.39, 0.29) is 23.3 Å². The van der Waals surface area contributed by atoms with Crippen LogP contribution >= 0.6 is 0 Å². The third kappa shape index (κ3) is 2.87. The lowest BCUT2D eigenvalue weighted by Gasteiger charge is -2.32. The van der Waals surface area contributed by atoms with E-state index in [1.165, 1.54) is 0 Å². The first-order valence-corrected chi connectivity index (χ1v) is 7.12. The molecule has 5 nitrogen and oxygen atoms in total. The summed E-state index contributed by atoms with van der Waals surface area (Å²) in [6.07, 6.45) is 0.212. The third-order valence-corrected chi connectivity index (χ3v) is 3.88. The van der Waals surface area contributed by atoms with Crippen LogP contribution in [-0.2, 0) is 4.79 Å². The van der Waals surface area contributed by atoms with E-state index in [1.807, 2.05) is 40.7 Å². The molecule has 1 aliphatic heterocycles. The van der Waals surface area contributed by atoms with Gasteiger partial charge in [0.2, 0.25) is 5.91 Å². The van der Waals surface area contributed by atoms with E-state index in [1.54, 1.807) is 4.90 Å². The van der Waals surface area contributed by atoms with E-state index < -0.39 is 6.10 Å². The van der Waals surface area contributed by atoms with Crippen LogP contribution in [0.1, 0.15) is 51.5 Å². The van der Waals surface area contributed by atoms with Crippen molar-refractivity contribution >= 4 is 5.91 Å². The Hall–Kier alpha value is -1.36. The normalized spacial score (nSPS) is 25.0. The van der Waals surface area contributed by atoms with Gasteiger partial charge in [-0.1, -0.05) is 25.9 Å². The topological polar surface area (TPSA) is 66.6 Å². The number of rotatable bonds is 2. The van der Waals surface area contributed by atoms with Crippen LogP contribution in [0.25, 0.3) is 0 Å². The Morgan fingerprint density at radius 1 is 1.55 bits per heavy atom. The summed E-state index contributed by atoms with van der Waals surface area (Å²) < 4.78 is 5.34. The summed E-state index contributed by atoms with van der Waals surface area (Å²) in [5.41, 5.74) is 0.507. The minimum Gasteiger partial charge on any atom is -0.391 e. The van der Waals surface area contributed by atoms with Gasteiger partial charge in [0, 0.05) is 18.7 Å². The zero-order valence-electron chi connectivity index (χ0n) is 12.9. The van der Waals surface area contributed by atoms with Crippen LogP contribution in [0.5, 0.6) is 0 Å². The van der Waals surface area contributed by atoms with Gasteiger partial charge in [-0.25, -0.2) is 0 Å². The molecule has 1 saturated heterocycles. The number of aromatic nitrogens is 1. The van der Waals surface area contributed by atoms with Gasteiger partial charge in [-0.05, 0) is 25.7 Å². The number of carbonyl (C=O) groups is 1.